The second kappa shape index (κ2) is 6.68. The third kappa shape index (κ3) is 3.40. The van der Waals surface area contributed by atoms with Crippen molar-refractivity contribution in [1.82, 2.24) is 5.32 Å². The number of carbonyl (C=O) groups is 3. The molecule has 7 nitrogen and oxygen atoms in total. The first kappa shape index (κ1) is 15.5. The van der Waals surface area contributed by atoms with Crippen LogP contribution in [0, 0.1) is 0 Å². The maximum Gasteiger partial charge on any atom is 0.314 e. The van der Waals surface area contributed by atoms with Gasteiger partial charge in [0.25, 0.3) is 0 Å². The molecule has 2 rings (SSSR count). The average molecular weight is 311 g/mol. The highest BCUT2D eigenvalue weighted by molar-refractivity contribution is 7.17. The Balaban J connectivity index is 2.20. The molecule has 114 valence electrons. The van der Waals surface area contributed by atoms with Crippen molar-refractivity contribution >= 4 is 34.1 Å². The minimum atomic E-state index is -1.35. The van der Waals surface area contributed by atoms with Crippen molar-refractivity contribution < 1.29 is 24.6 Å². The molecule has 0 aromatic carbocycles. The van der Waals surface area contributed by atoms with Crippen LogP contribution in [0.4, 0.5) is 5.00 Å². The van der Waals surface area contributed by atoms with E-state index in [9.17, 15) is 19.5 Å². The van der Waals surface area contributed by atoms with Crippen LogP contribution in [-0.2, 0) is 22.4 Å². The normalized spacial score (nSPS) is 13.4. The summed E-state index contributed by atoms with van der Waals surface area (Å²) in [7, 11) is 0. The predicted molar refractivity (Wildman–Crippen MR) is 74.0 cm³/mol. The van der Waals surface area contributed by atoms with Crippen molar-refractivity contribution in [2.75, 3.05) is 18.5 Å². The molecule has 0 spiro atoms. The van der Waals surface area contributed by atoms with E-state index in [-0.39, 0.29) is 23.7 Å². The summed E-state index contributed by atoms with van der Waals surface area (Å²) in [6.45, 7) is -0.322. The number of aliphatic hydroxyl groups excluding tert-OH is 1. The maximum atomic E-state index is 11.7. The van der Waals surface area contributed by atoms with Gasteiger partial charge >= 0.3 is 11.8 Å². The molecule has 1 aliphatic carbocycles. The van der Waals surface area contributed by atoms with Crippen LogP contribution < -0.4 is 15.7 Å². The molecule has 0 bridgehead atoms. The number of nitrogens with one attached hydrogen (secondary N) is 2. The minimum Gasteiger partial charge on any atom is -0.545 e. The highest BCUT2D eigenvalue weighted by atomic mass is 32.1. The van der Waals surface area contributed by atoms with E-state index in [4.69, 9.17) is 5.11 Å². The number of carboxylic acid groups (broad SMARTS) is 1. The summed E-state index contributed by atoms with van der Waals surface area (Å²) in [4.78, 5) is 35.3. The Kier molecular flexibility index (Phi) is 4.92. The van der Waals surface area contributed by atoms with Gasteiger partial charge in [0.05, 0.1) is 12.6 Å². The lowest BCUT2D eigenvalue weighted by Gasteiger charge is -2.13. The maximum absolute atomic E-state index is 11.7. The highest BCUT2D eigenvalue weighted by Crippen LogP contribution is 2.37. The van der Waals surface area contributed by atoms with Gasteiger partial charge in [-0.1, -0.05) is 0 Å². The number of carboxylic acids is 1. The first-order chi connectivity index (χ1) is 10.0. The van der Waals surface area contributed by atoms with Crippen molar-refractivity contribution in [3.63, 3.8) is 0 Å². The van der Waals surface area contributed by atoms with Crippen LogP contribution in [0.25, 0.3) is 0 Å². The molecule has 1 aromatic heterocycles. The van der Waals surface area contributed by atoms with Gasteiger partial charge in [0, 0.05) is 17.0 Å². The highest BCUT2D eigenvalue weighted by Gasteiger charge is 2.24. The quantitative estimate of drug-likeness (QED) is 0.619. The Hall–Kier alpha value is -1.93. The van der Waals surface area contributed by atoms with E-state index < -0.39 is 17.8 Å². The number of aryl methyl sites for hydroxylation is 1. The number of hydrogen-bond acceptors (Lipinski definition) is 6. The van der Waals surface area contributed by atoms with Crippen LogP contribution in [-0.4, -0.2) is 36.0 Å². The van der Waals surface area contributed by atoms with Crippen LogP contribution in [0.3, 0.4) is 0 Å². The van der Waals surface area contributed by atoms with Crippen LogP contribution in [0.2, 0.25) is 0 Å². The molecular formula is C13H15N2O5S-. The van der Waals surface area contributed by atoms with Crippen LogP contribution in [0.15, 0.2) is 0 Å². The number of thiophene rings is 1. The number of rotatable bonds is 4. The van der Waals surface area contributed by atoms with E-state index in [0.717, 1.165) is 24.1 Å². The fourth-order valence-corrected chi connectivity index (χ4v) is 3.55. The molecule has 2 amide bonds. The largest absolute Gasteiger partial charge is 0.545 e. The number of fused-ring (bicyclic) bond motifs is 1. The van der Waals surface area contributed by atoms with Gasteiger partial charge in [-0.05, 0) is 31.2 Å². The van der Waals surface area contributed by atoms with Gasteiger partial charge in [0.15, 0.2) is 0 Å². The zero-order chi connectivity index (χ0) is 15.4. The second-order valence-corrected chi connectivity index (χ2v) is 5.74. The predicted octanol–water partition coefficient (Wildman–Crippen LogP) is -0.963. The van der Waals surface area contributed by atoms with Crippen molar-refractivity contribution in [2.24, 2.45) is 0 Å². The number of aromatic carboxylic acids is 1. The van der Waals surface area contributed by atoms with E-state index in [1.165, 1.54) is 11.3 Å². The van der Waals surface area contributed by atoms with Crippen molar-refractivity contribution in [3.05, 3.63) is 16.0 Å². The van der Waals surface area contributed by atoms with Gasteiger partial charge in [-0.2, -0.15) is 0 Å². The monoisotopic (exact) mass is 311 g/mol. The summed E-state index contributed by atoms with van der Waals surface area (Å²) in [5, 5.41) is 24.5. The Labute approximate surface area is 125 Å². The second-order valence-electron chi connectivity index (χ2n) is 4.64. The first-order valence-corrected chi connectivity index (χ1v) is 7.42. The Bertz CT molecular complexity index is 581. The Morgan fingerprint density at radius 1 is 1.19 bits per heavy atom. The van der Waals surface area contributed by atoms with Gasteiger partial charge < -0.3 is 25.6 Å². The number of carbonyl (C=O) groups excluding carboxylic acids is 3. The SMILES string of the molecule is O=C(NCCO)C(=O)Nc1sc2c(c1C(=O)[O-])CCCC2. The zero-order valence-electron chi connectivity index (χ0n) is 11.2. The number of hydrogen-bond donors (Lipinski definition) is 3. The van der Waals surface area contributed by atoms with Crippen LogP contribution in [0.1, 0.15) is 33.6 Å². The minimum absolute atomic E-state index is 0.0157. The van der Waals surface area contributed by atoms with Gasteiger partial charge in [-0.3, -0.25) is 9.59 Å². The van der Waals surface area contributed by atoms with E-state index in [0.29, 0.717) is 12.0 Å². The molecular weight excluding hydrogens is 296 g/mol. The first-order valence-electron chi connectivity index (χ1n) is 6.60. The third-order valence-corrected chi connectivity index (χ3v) is 4.41. The summed E-state index contributed by atoms with van der Waals surface area (Å²) in [6, 6.07) is 0. The summed E-state index contributed by atoms with van der Waals surface area (Å²) < 4.78 is 0. The number of aliphatic hydroxyl groups is 1. The molecule has 0 fully saturated rings. The van der Waals surface area contributed by atoms with Crippen molar-refractivity contribution in [3.8, 4) is 0 Å². The molecule has 1 heterocycles. The van der Waals surface area contributed by atoms with Gasteiger partial charge in [-0.15, -0.1) is 11.3 Å². The smallest absolute Gasteiger partial charge is 0.314 e. The van der Waals surface area contributed by atoms with E-state index in [1.54, 1.807) is 0 Å². The standard InChI is InChI=1S/C13H16N2O5S/c16-6-5-14-10(17)11(18)15-12-9(13(19)20)7-3-1-2-4-8(7)21-12/h16H,1-6H2,(H,14,17)(H,15,18)(H,19,20)/p-1. The number of anilines is 1. The lowest BCUT2D eigenvalue weighted by Crippen LogP contribution is -2.37. The fraction of sp³-hybridized carbons (Fsp3) is 0.462. The molecule has 0 atom stereocenters. The topological polar surface area (TPSA) is 119 Å². The molecule has 0 radical (unpaired) electrons. The molecule has 1 aliphatic rings. The Morgan fingerprint density at radius 2 is 1.90 bits per heavy atom. The molecule has 0 saturated heterocycles. The van der Waals surface area contributed by atoms with E-state index >= 15 is 0 Å². The summed E-state index contributed by atoms with van der Waals surface area (Å²) >= 11 is 1.18. The summed E-state index contributed by atoms with van der Waals surface area (Å²) in [5.41, 5.74) is 0.690. The molecule has 8 heteroatoms. The molecule has 0 saturated carbocycles. The van der Waals surface area contributed by atoms with Gasteiger partial charge in [0.1, 0.15) is 5.00 Å². The fourth-order valence-electron chi connectivity index (χ4n) is 2.28. The zero-order valence-corrected chi connectivity index (χ0v) is 12.0. The summed E-state index contributed by atoms with van der Waals surface area (Å²) in [5.74, 6) is -3.22. The molecule has 0 unspecified atom stereocenters. The van der Waals surface area contributed by atoms with Crippen LogP contribution >= 0.6 is 11.3 Å². The molecule has 21 heavy (non-hydrogen) atoms. The van der Waals surface area contributed by atoms with Crippen molar-refractivity contribution in [2.45, 2.75) is 25.7 Å². The van der Waals surface area contributed by atoms with E-state index in [2.05, 4.69) is 10.6 Å². The third-order valence-electron chi connectivity index (χ3n) is 3.21. The van der Waals surface area contributed by atoms with Gasteiger partial charge in [0.2, 0.25) is 0 Å². The Morgan fingerprint density at radius 3 is 2.57 bits per heavy atom. The molecule has 0 aliphatic heterocycles. The molecule has 3 N–H and O–H groups in total. The lowest BCUT2D eigenvalue weighted by molar-refractivity contribution is -0.255. The average Bonchev–Trinajstić information content (AvgIpc) is 2.82. The number of amides is 2. The lowest BCUT2D eigenvalue weighted by atomic mass is 9.95. The van der Waals surface area contributed by atoms with Crippen molar-refractivity contribution in [1.29, 1.82) is 0 Å². The van der Waals surface area contributed by atoms with Crippen LogP contribution in [0.5, 0.6) is 0 Å². The van der Waals surface area contributed by atoms with Gasteiger partial charge in [-0.25, -0.2) is 0 Å². The molecule has 1 aromatic rings. The van der Waals surface area contributed by atoms with E-state index in [1.807, 2.05) is 0 Å². The summed E-state index contributed by atoms with van der Waals surface area (Å²) in [6.07, 6.45) is 3.29.